The van der Waals surface area contributed by atoms with Gasteiger partial charge in [0.25, 0.3) is 0 Å². The number of anilines is 2. The predicted molar refractivity (Wildman–Crippen MR) is 109 cm³/mol. The van der Waals surface area contributed by atoms with Crippen molar-refractivity contribution in [3.05, 3.63) is 42.5 Å². The number of benzene rings is 2. The first kappa shape index (κ1) is 17.3. The summed E-state index contributed by atoms with van der Waals surface area (Å²) in [4.78, 5) is 14.8. The molecule has 0 unspecified atom stereocenters. The summed E-state index contributed by atoms with van der Waals surface area (Å²) in [5.74, 6) is -0.0248. The van der Waals surface area contributed by atoms with Crippen molar-refractivity contribution >= 4 is 50.6 Å². The second kappa shape index (κ2) is 7.63. The van der Waals surface area contributed by atoms with E-state index >= 15 is 0 Å². The summed E-state index contributed by atoms with van der Waals surface area (Å²) in [5.41, 5.74) is 0.816. The Balaban J connectivity index is 1.39. The Morgan fingerprint density at radius 2 is 1.92 bits per heavy atom. The van der Waals surface area contributed by atoms with Crippen molar-refractivity contribution in [1.82, 2.24) is 10.2 Å². The smallest absolute Gasteiger partial charge is 0.237 e. The lowest BCUT2D eigenvalue weighted by Crippen LogP contribution is -2.22. The van der Waals surface area contributed by atoms with E-state index in [0.29, 0.717) is 0 Å². The van der Waals surface area contributed by atoms with Gasteiger partial charge in [0.15, 0.2) is 4.34 Å². The van der Waals surface area contributed by atoms with Gasteiger partial charge in [0.2, 0.25) is 11.0 Å². The van der Waals surface area contributed by atoms with Gasteiger partial charge in [-0.3, -0.25) is 4.79 Å². The number of amides is 1. The third-order valence-electron chi connectivity index (χ3n) is 4.44. The number of fused-ring (bicyclic) bond motifs is 1. The minimum absolute atomic E-state index is 0.0248. The molecule has 0 aliphatic carbocycles. The summed E-state index contributed by atoms with van der Waals surface area (Å²) in [6.07, 6.45) is 2.43. The average molecular weight is 385 g/mol. The molecule has 1 aromatic heterocycles. The first-order chi connectivity index (χ1) is 12.7. The average Bonchev–Trinajstić information content (AvgIpc) is 3.33. The van der Waals surface area contributed by atoms with Gasteiger partial charge in [-0.2, -0.15) is 0 Å². The normalized spacial score (nSPS) is 15.3. The van der Waals surface area contributed by atoms with Gasteiger partial charge in [-0.25, -0.2) is 0 Å². The topological polar surface area (TPSA) is 58.1 Å². The summed E-state index contributed by atoms with van der Waals surface area (Å²) < 4.78 is 0.841. The Kier molecular flexibility index (Phi) is 5.08. The van der Waals surface area contributed by atoms with E-state index in [-0.39, 0.29) is 11.2 Å². The van der Waals surface area contributed by atoms with Crippen LogP contribution in [0, 0.1) is 0 Å². The molecule has 0 bridgehead atoms. The number of carbonyl (C=O) groups is 1. The fourth-order valence-corrected chi connectivity index (χ4v) is 5.04. The van der Waals surface area contributed by atoms with Crippen LogP contribution in [0.1, 0.15) is 19.8 Å². The van der Waals surface area contributed by atoms with Crippen LogP contribution in [-0.2, 0) is 4.79 Å². The molecule has 0 saturated carbocycles. The molecule has 134 valence electrons. The van der Waals surface area contributed by atoms with Crippen LogP contribution < -0.4 is 10.2 Å². The molecule has 3 aromatic rings. The SMILES string of the molecule is C[C@H](Sc1nnc(N2CCCC2)s1)C(=O)Nc1ccc2ccccc2c1. The quantitative estimate of drug-likeness (QED) is 0.660. The third-order valence-corrected chi connectivity index (χ3v) is 6.60. The summed E-state index contributed by atoms with van der Waals surface area (Å²) in [6.45, 7) is 4.01. The minimum Gasteiger partial charge on any atom is -0.347 e. The Hall–Kier alpha value is -2.12. The van der Waals surface area contributed by atoms with Crippen molar-refractivity contribution in [2.45, 2.75) is 29.4 Å². The fourth-order valence-electron chi connectivity index (χ4n) is 3.00. The number of thioether (sulfide) groups is 1. The van der Waals surface area contributed by atoms with E-state index in [9.17, 15) is 4.79 Å². The first-order valence-corrected chi connectivity index (χ1v) is 10.4. The number of hydrogen-bond acceptors (Lipinski definition) is 6. The molecule has 1 atom stereocenters. The van der Waals surface area contributed by atoms with Crippen molar-refractivity contribution < 1.29 is 4.79 Å². The summed E-state index contributed by atoms with van der Waals surface area (Å²) in [5, 5.41) is 14.5. The molecule has 4 rings (SSSR count). The monoisotopic (exact) mass is 384 g/mol. The van der Waals surface area contributed by atoms with Crippen LogP contribution in [0.4, 0.5) is 10.8 Å². The molecule has 26 heavy (non-hydrogen) atoms. The van der Waals surface area contributed by atoms with Gasteiger partial charge in [-0.15, -0.1) is 10.2 Å². The summed E-state index contributed by atoms with van der Waals surface area (Å²) in [7, 11) is 0. The number of carbonyl (C=O) groups excluding carboxylic acids is 1. The van der Waals surface area contributed by atoms with Crippen LogP contribution in [0.5, 0.6) is 0 Å². The van der Waals surface area contributed by atoms with E-state index in [2.05, 4.69) is 26.5 Å². The maximum Gasteiger partial charge on any atom is 0.237 e. The van der Waals surface area contributed by atoms with Crippen LogP contribution in [0.15, 0.2) is 46.8 Å². The number of nitrogens with zero attached hydrogens (tertiary/aromatic N) is 3. The molecule has 0 spiro atoms. The minimum atomic E-state index is -0.235. The van der Waals surface area contributed by atoms with Gasteiger partial charge < -0.3 is 10.2 Å². The molecule has 0 radical (unpaired) electrons. The van der Waals surface area contributed by atoms with Crippen LogP contribution in [0.3, 0.4) is 0 Å². The molecule has 1 aliphatic heterocycles. The number of hydrogen-bond donors (Lipinski definition) is 1. The van der Waals surface area contributed by atoms with Gasteiger partial charge in [-0.05, 0) is 42.7 Å². The lowest BCUT2D eigenvalue weighted by Gasteiger charge is -2.12. The Morgan fingerprint density at radius 3 is 2.73 bits per heavy atom. The zero-order valence-electron chi connectivity index (χ0n) is 14.5. The number of nitrogens with one attached hydrogen (secondary N) is 1. The van der Waals surface area contributed by atoms with E-state index in [1.807, 2.05) is 43.3 Å². The molecule has 1 aliphatic rings. The van der Waals surface area contributed by atoms with Crippen LogP contribution in [0.25, 0.3) is 10.8 Å². The van der Waals surface area contributed by atoms with Crippen LogP contribution in [0.2, 0.25) is 0 Å². The van der Waals surface area contributed by atoms with E-state index in [4.69, 9.17) is 0 Å². The number of rotatable bonds is 5. The van der Waals surface area contributed by atoms with Gasteiger partial charge in [0.1, 0.15) is 0 Å². The molecule has 1 amide bonds. The molecular weight excluding hydrogens is 364 g/mol. The maximum atomic E-state index is 12.5. The molecule has 5 nitrogen and oxygen atoms in total. The molecule has 2 heterocycles. The fraction of sp³-hybridized carbons (Fsp3) is 0.316. The van der Waals surface area contributed by atoms with Gasteiger partial charge in [0.05, 0.1) is 5.25 Å². The van der Waals surface area contributed by atoms with Crippen molar-refractivity contribution in [3.8, 4) is 0 Å². The molecule has 1 N–H and O–H groups in total. The zero-order valence-corrected chi connectivity index (χ0v) is 16.1. The Morgan fingerprint density at radius 1 is 1.15 bits per heavy atom. The first-order valence-electron chi connectivity index (χ1n) is 8.74. The standard InChI is InChI=1S/C19H20N4OS2/c1-13(25-19-22-21-18(26-19)23-10-4-5-11-23)17(24)20-16-9-8-14-6-2-3-7-15(14)12-16/h2-3,6-9,12-13H,4-5,10-11H2,1H3,(H,20,24)/t13-/m0/s1. The van der Waals surface area contributed by atoms with Gasteiger partial charge >= 0.3 is 0 Å². The lowest BCUT2D eigenvalue weighted by atomic mass is 10.1. The predicted octanol–water partition coefficient (Wildman–Crippen LogP) is 4.41. The Labute approximate surface area is 160 Å². The lowest BCUT2D eigenvalue weighted by molar-refractivity contribution is -0.115. The van der Waals surface area contributed by atoms with Crippen molar-refractivity contribution in [2.75, 3.05) is 23.3 Å². The largest absolute Gasteiger partial charge is 0.347 e. The third kappa shape index (κ3) is 3.83. The number of aromatic nitrogens is 2. The molecule has 1 saturated heterocycles. The molecule has 1 fully saturated rings. The second-order valence-corrected chi connectivity index (χ2v) is 8.90. The second-order valence-electron chi connectivity index (χ2n) is 6.36. The highest BCUT2D eigenvalue weighted by Gasteiger charge is 2.20. The molecular formula is C19H20N4OS2. The van der Waals surface area contributed by atoms with E-state index in [1.165, 1.54) is 24.6 Å². The molecule has 7 heteroatoms. The van der Waals surface area contributed by atoms with E-state index < -0.39 is 0 Å². The van der Waals surface area contributed by atoms with E-state index in [0.717, 1.165) is 39.0 Å². The Bertz CT molecular complexity index is 921. The van der Waals surface area contributed by atoms with E-state index in [1.54, 1.807) is 11.3 Å². The molecule has 2 aromatic carbocycles. The van der Waals surface area contributed by atoms with Crippen LogP contribution in [-0.4, -0.2) is 34.4 Å². The van der Waals surface area contributed by atoms with Crippen LogP contribution >= 0.6 is 23.1 Å². The maximum absolute atomic E-state index is 12.5. The van der Waals surface area contributed by atoms with Gasteiger partial charge in [0, 0.05) is 18.8 Å². The summed E-state index contributed by atoms with van der Waals surface area (Å²) >= 11 is 3.03. The highest BCUT2D eigenvalue weighted by molar-refractivity contribution is 8.02. The van der Waals surface area contributed by atoms with Gasteiger partial charge in [-0.1, -0.05) is 53.4 Å². The van der Waals surface area contributed by atoms with Crippen molar-refractivity contribution in [3.63, 3.8) is 0 Å². The van der Waals surface area contributed by atoms with Crippen molar-refractivity contribution in [1.29, 1.82) is 0 Å². The van der Waals surface area contributed by atoms with Crippen molar-refractivity contribution in [2.24, 2.45) is 0 Å². The summed E-state index contributed by atoms with van der Waals surface area (Å²) in [6, 6.07) is 14.1. The highest BCUT2D eigenvalue weighted by atomic mass is 32.2. The zero-order chi connectivity index (χ0) is 17.9. The highest BCUT2D eigenvalue weighted by Crippen LogP contribution is 2.32.